The highest BCUT2D eigenvalue weighted by Crippen LogP contribution is 2.30. The lowest BCUT2D eigenvalue weighted by Crippen LogP contribution is -1.89. The minimum atomic E-state index is 0.455. The molecule has 0 saturated carbocycles. The summed E-state index contributed by atoms with van der Waals surface area (Å²) in [7, 11) is 0. The van der Waals surface area contributed by atoms with E-state index in [0.29, 0.717) is 17.1 Å². The van der Waals surface area contributed by atoms with Crippen LogP contribution in [-0.2, 0) is 0 Å². The number of aromatic nitrogens is 1. The molecule has 0 saturated heterocycles. The van der Waals surface area contributed by atoms with E-state index in [2.05, 4.69) is 27.0 Å². The Labute approximate surface area is 101 Å². The zero-order valence-corrected chi connectivity index (χ0v) is 9.81. The maximum absolute atomic E-state index is 8.90. The molecule has 1 aromatic heterocycles. The fraction of sp³-hybridized carbons (Fsp3) is 0. The maximum atomic E-state index is 8.90. The molecule has 1 aromatic carbocycles. The molecule has 16 heavy (non-hydrogen) atoms. The van der Waals surface area contributed by atoms with Crippen LogP contribution in [0.5, 0.6) is 11.5 Å². The van der Waals surface area contributed by atoms with Crippen molar-refractivity contribution in [2.24, 2.45) is 0 Å². The Hall–Kier alpha value is -1.86. The van der Waals surface area contributed by atoms with Gasteiger partial charge in [0.2, 0.25) is 0 Å². The van der Waals surface area contributed by atoms with Crippen molar-refractivity contribution in [2.75, 3.05) is 0 Å². The average Bonchev–Trinajstić information content (AvgIpc) is 2.33. The summed E-state index contributed by atoms with van der Waals surface area (Å²) in [6, 6.07) is 11.1. The fourth-order valence-corrected chi connectivity index (χ4v) is 1.57. The first-order chi connectivity index (χ1) is 7.81. The number of halogens is 1. The van der Waals surface area contributed by atoms with Crippen LogP contribution in [0.2, 0.25) is 0 Å². The molecule has 0 spiro atoms. The first kappa shape index (κ1) is 10.7. The van der Waals surface area contributed by atoms with E-state index in [1.54, 1.807) is 12.3 Å². The molecule has 0 aliphatic rings. The number of hydrogen-bond acceptors (Lipinski definition) is 3. The van der Waals surface area contributed by atoms with E-state index in [1.165, 1.54) is 6.20 Å². The van der Waals surface area contributed by atoms with Crippen molar-refractivity contribution < 1.29 is 4.74 Å². The summed E-state index contributed by atoms with van der Waals surface area (Å²) in [6.07, 6.45) is 3.09. The van der Waals surface area contributed by atoms with Gasteiger partial charge in [-0.1, -0.05) is 12.1 Å². The predicted octanol–water partition coefficient (Wildman–Crippen LogP) is 3.51. The van der Waals surface area contributed by atoms with Crippen LogP contribution < -0.4 is 4.74 Å². The molecule has 0 atom stereocenters. The van der Waals surface area contributed by atoms with Crippen molar-refractivity contribution in [3.63, 3.8) is 0 Å². The van der Waals surface area contributed by atoms with E-state index in [9.17, 15) is 0 Å². The van der Waals surface area contributed by atoms with Gasteiger partial charge in [-0.05, 0) is 34.1 Å². The Morgan fingerprint density at radius 2 is 2.00 bits per heavy atom. The van der Waals surface area contributed by atoms with Gasteiger partial charge in [0.15, 0.2) is 5.75 Å². The second-order valence-corrected chi connectivity index (χ2v) is 3.87. The third-order valence-corrected chi connectivity index (χ3v) is 2.62. The highest BCUT2D eigenvalue weighted by atomic mass is 79.9. The first-order valence-corrected chi connectivity index (χ1v) is 5.37. The Kier molecular flexibility index (Phi) is 3.18. The van der Waals surface area contributed by atoms with Gasteiger partial charge in [-0.3, -0.25) is 4.98 Å². The number of pyridine rings is 1. The second-order valence-electron chi connectivity index (χ2n) is 3.02. The van der Waals surface area contributed by atoms with E-state index >= 15 is 0 Å². The van der Waals surface area contributed by atoms with Gasteiger partial charge >= 0.3 is 0 Å². The molecule has 0 aliphatic carbocycles. The zero-order chi connectivity index (χ0) is 11.4. The summed E-state index contributed by atoms with van der Waals surface area (Å²) in [6.45, 7) is 0. The van der Waals surface area contributed by atoms with Gasteiger partial charge in [0.05, 0.1) is 16.2 Å². The van der Waals surface area contributed by atoms with Crippen molar-refractivity contribution in [3.05, 3.63) is 52.8 Å². The molecule has 0 N–H and O–H groups in total. The number of nitrogens with zero attached hydrogens (tertiary/aromatic N) is 2. The van der Waals surface area contributed by atoms with Gasteiger partial charge in [0, 0.05) is 6.20 Å². The monoisotopic (exact) mass is 274 g/mol. The summed E-state index contributed by atoms with van der Waals surface area (Å²) >= 11 is 3.37. The number of benzene rings is 1. The van der Waals surface area contributed by atoms with E-state index in [1.807, 2.05) is 24.3 Å². The molecule has 1 heterocycles. The van der Waals surface area contributed by atoms with Gasteiger partial charge in [-0.2, -0.15) is 5.26 Å². The average molecular weight is 275 g/mol. The summed E-state index contributed by atoms with van der Waals surface area (Å²) in [5.74, 6) is 1.11. The third kappa shape index (κ3) is 2.20. The SMILES string of the molecule is N#Cc1ccncc1Oc1ccccc1Br. The van der Waals surface area contributed by atoms with E-state index in [4.69, 9.17) is 10.00 Å². The highest BCUT2D eigenvalue weighted by Gasteiger charge is 2.06. The minimum absolute atomic E-state index is 0.455. The third-order valence-electron chi connectivity index (χ3n) is 1.96. The van der Waals surface area contributed by atoms with Crippen LogP contribution in [0.3, 0.4) is 0 Å². The van der Waals surface area contributed by atoms with Crippen molar-refractivity contribution >= 4 is 15.9 Å². The standard InChI is InChI=1S/C12H7BrN2O/c13-10-3-1-2-4-11(10)16-12-8-15-6-5-9(12)7-14/h1-6,8H. The fourth-order valence-electron chi connectivity index (χ4n) is 1.20. The van der Waals surface area contributed by atoms with Crippen LogP contribution in [0, 0.1) is 11.3 Å². The van der Waals surface area contributed by atoms with Crippen molar-refractivity contribution in [1.82, 2.24) is 4.98 Å². The maximum Gasteiger partial charge on any atom is 0.163 e. The Balaban J connectivity index is 2.35. The summed E-state index contributed by atoms with van der Waals surface area (Å²) in [4.78, 5) is 3.93. The van der Waals surface area contributed by atoms with Gasteiger partial charge < -0.3 is 4.74 Å². The van der Waals surface area contributed by atoms with E-state index in [-0.39, 0.29) is 0 Å². The summed E-state index contributed by atoms with van der Waals surface area (Å²) < 4.78 is 6.44. The van der Waals surface area contributed by atoms with E-state index < -0.39 is 0 Å². The molecule has 0 fully saturated rings. The number of ether oxygens (including phenoxy) is 1. The normalized spacial score (nSPS) is 9.50. The molecule has 3 nitrogen and oxygen atoms in total. The number of hydrogen-bond donors (Lipinski definition) is 0. The molecule has 2 rings (SSSR count). The molecule has 0 aliphatic heterocycles. The molecule has 0 unspecified atom stereocenters. The van der Waals surface area contributed by atoms with Crippen molar-refractivity contribution in [1.29, 1.82) is 5.26 Å². The number of rotatable bonds is 2. The Morgan fingerprint density at radius 3 is 2.75 bits per heavy atom. The topological polar surface area (TPSA) is 45.9 Å². The van der Waals surface area contributed by atoms with Gasteiger partial charge in [-0.25, -0.2) is 0 Å². The van der Waals surface area contributed by atoms with Crippen LogP contribution >= 0.6 is 15.9 Å². The van der Waals surface area contributed by atoms with Gasteiger partial charge in [0.1, 0.15) is 11.8 Å². The van der Waals surface area contributed by atoms with Gasteiger partial charge in [0.25, 0.3) is 0 Å². The van der Waals surface area contributed by atoms with Crippen LogP contribution in [-0.4, -0.2) is 4.98 Å². The predicted molar refractivity (Wildman–Crippen MR) is 63.2 cm³/mol. The van der Waals surface area contributed by atoms with Crippen LogP contribution in [0.4, 0.5) is 0 Å². The van der Waals surface area contributed by atoms with Crippen LogP contribution in [0.25, 0.3) is 0 Å². The molecule has 0 radical (unpaired) electrons. The summed E-state index contributed by atoms with van der Waals surface area (Å²) in [5.41, 5.74) is 0.464. The number of para-hydroxylation sites is 1. The molecular weight excluding hydrogens is 268 g/mol. The van der Waals surface area contributed by atoms with Crippen molar-refractivity contribution in [2.45, 2.75) is 0 Å². The minimum Gasteiger partial charge on any atom is -0.453 e. The van der Waals surface area contributed by atoms with E-state index in [0.717, 1.165) is 4.47 Å². The lowest BCUT2D eigenvalue weighted by Gasteiger charge is -2.07. The van der Waals surface area contributed by atoms with Crippen molar-refractivity contribution in [3.8, 4) is 17.6 Å². The lowest BCUT2D eigenvalue weighted by atomic mass is 10.3. The molecule has 78 valence electrons. The summed E-state index contributed by atoms with van der Waals surface area (Å²) in [5, 5.41) is 8.90. The quantitative estimate of drug-likeness (QED) is 0.842. The zero-order valence-electron chi connectivity index (χ0n) is 8.22. The second kappa shape index (κ2) is 4.77. The molecular formula is C12H7BrN2O. The number of nitriles is 1. The lowest BCUT2D eigenvalue weighted by molar-refractivity contribution is 0.475. The molecule has 0 amide bonds. The van der Waals surface area contributed by atoms with Crippen LogP contribution in [0.15, 0.2) is 47.2 Å². The first-order valence-electron chi connectivity index (χ1n) is 4.58. The van der Waals surface area contributed by atoms with Gasteiger partial charge in [-0.15, -0.1) is 0 Å². The molecule has 0 bridgehead atoms. The van der Waals surface area contributed by atoms with Crippen LogP contribution in [0.1, 0.15) is 5.56 Å². The largest absolute Gasteiger partial charge is 0.453 e. The Morgan fingerprint density at radius 1 is 1.19 bits per heavy atom. The highest BCUT2D eigenvalue weighted by molar-refractivity contribution is 9.10. The molecule has 4 heteroatoms. The molecule has 2 aromatic rings. The smallest absolute Gasteiger partial charge is 0.163 e. The Bertz CT molecular complexity index is 549.